The Bertz CT molecular complexity index is 1280. The largest absolute Gasteiger partial charge is 0.462 e. The Morgan fingerprint density at radius 3 is 2.05 bits per heavy atom. The monoisotopic (exact) mass is 620 g/mol. The molecule has 44 heavy (non-hydrogen) atoms. The predicted molar refractivity (Wildman–Crippen MR) is 151 cm³/mol. The molecule has 12 nitrogen and oxygen atoms in total. The number of rotatable bonds is 8. The highest BCUT2D eigenvalue weighted by Crippen LogP contribution is 2.69. The first-order valence-corrected chi connectivity index (χ1v) is 15.6. The van der Waals surface area contributed by atoms with E-state index >= 15 is 0 Å². The SMILES string of the molecule is CCCC(=O)OC1CC(OC(=O)CCC)C2(C)C(OC(C)=O)CC3OC3(C)C2C(OC(C)=O)C23OC2(C)C(=O)OC3/C=C/1C. The van der Waals surface area contributed by atoms with Crippen molar-refractivity contribution >= 4 is 29.8 Å². The zero-order valence-corrected chi connectivity index (χ0v) is 26.8. The molecule has 0 N–H and O–H groups in total. The molecule has 3 aliphatic heterocycles. The lowest BCUT2D eigenvalue weighted by atomic mass is 9.53. The average Bonchev–Trinajstić information content (AvgIpc) is 3.75. The number of hydrogen-bond donors (Lipinski definition) is 0. The van der Waals surface area contributed by atoms with E-state index in [1.165, 1.54) is 13.8 Å². The van der Waals surface area contributed by atoms with Crippen molar-refractivity contribution in [2.75, 3.05) is 0 Å². The summed E-state index contributed by atoms with van der Waals surface area (Å²) < 4.78 is 42.8. The molecule has 11 unspecified atom stereocenters. The standard InChI is InChI=1S/C32H44O12/c1-9-11-24(35)40-19-14-20(41-25(36)12-10-2)29(6)21(38-17(4)33)15-22-30(7,43-22)26(29)27(39-18(5)34)32-23(13-16(19)3)42-28(37)31(32,8)44-32/h13,19-23,26-27H,9-12,14-15H2,1-8H3/b16-13+. The summed E-state index contributed by atoms with van der Waals surface area (Å²) in [6.45, 7) is 13.3. The van der Waals surface area contributed by atoms with Crippen molar-refractivity contribution in [1.82, 2.24) is 0 Å². The summed E-state index contributed by atoms with van der Waals surface area (Å²) in [6.07, 6.45) is -1.92. The van der Waals surface area contributed by atoms with Gasteiger partial charge in [-0.25, -0.2) is 4.79 Å². The predicted octanol–water partition coefficient (Wildman–Crippen LogP) is 3.26. The zero-order valence-electron chi connectivity index (χ0n) is 26.8. The minimum atomic E-state index is -1.48. The number of carbonyl (C=O) groups is 5. The number of esters is 5. The van der Waals surface area contributed by atoms with Crippen molar-refractivity contribution in [1.29, 1.82) is 0 Å². The molecule has 2 aliphatic carbocycles. The second-order valence-corrected chi connectivity index (χ2v) is 13.4. The summed E-state index contributed by atoms with van der Waals surface area (Å²) in [4.78, 5) is 64.8. The molecule has 0 aromatic carbocycles. The van der Waals surface area contributed by atoms with Crippen molar-refractivity contribution in [2.45, 2.75) is 147 Å². The van der Waals surface area contributed by atoms with Gasteiger partial charge in [-0.1, -0.05) is 20.8 Å². The van der Waals surface area contributed by atoms with E-state index in [1.54, 1.807) is 19.9 Å². The van der Waals surface area contributed by atoms with Gasteiger partial charge in [-0.05, 0) is 45.3 Å². The van der Waals surface area contributed by atoms with Gasteiger partial charge in [-0.15, -0.1) is 0 Å². The minimum Gasteiger partial charge on any atom is -0.462 e. The van der Waals surface area contributed by atoms with Crippen molar-refractivity contribution in [3.05, 3.63) is 11.6 Å². The second-order valence-electron chi connectivity index (χ2n) is 13.4. The third kappa shape index (κ3) is 4.92. The molecule has 0 bridgehead atoms. The van der Waals surface area contributed by atoms with E-state index in [4.69, 9.17) is 33.2 Å². The van der Waals surface area contributed by atoms with Gasteiger partial charge < -0.3 is 33.2 Å². The van der Waals surface area contributed by atoms with Crippen molar-refractivity contribution in [3.63, 3.8) is 0 Å². The van der Waals surface area contributed by atoms with Crippen LogP contribution in [0.25, 0.3) is 0 Å². The van der Waals surface area contributed by atoms with E-state index in [2.05, 4.69) is 0 Å². The fourth-order valence-electron chi connectivity index (χ4n) is 8.03. The van der Waals surface area contributed by atoms with E-state index < -0.39 is 88.5 Å². The quantitative estimate of drug-likeness (QED) is 0.169. The lowest BCUT2D eigenvalue weighted by Crippen LogP contribution is -2.66. The molecular formula is C32H44O12. The van der Waals surface area contributed by atoms with E-state index in [0.29, 0.717) is 18.4 Å². The third-order valence-electron chi connectivity index (χ3n) is 10.3. The van der Waals surface area contributed by atoms with E-state index in [-0.39, 0.29) is 31.8 Å². The van der Waals surface area contributed by atoms with Gasteiger partial charge in [0.05, 0.1) is 17.1 Å². The first kappa shape index (κ1) is 32.4. The van der Waals surface area contributed by atoms with Gasteiger partial charge in [0.1, 0.15) is 24.4 Å². The van der Waals surface area contributed by atoms with E-state index in [0.717, 1.165) is 0 Å². The van der Waals surface area contributed by atoms with Crippen molar-refractivity contribution in [3.8, 4) is 0 Å². The van der Waals surface area contributed by atoms with E-state index in [9.17, 15) is 24.0 Å². The molecule has 3 saturated heterocycles. The number of ether oxygens (including phenoxy) is 7. The second kappa shape index (κ2) is 11.1. The number of epoxide rings is 2. The van der Waals surface area contributed by atoms with Crippen LogP contribution in [0.1, 0.15) is 93.9 Å². The summed E-state index contributed by atoms with van der Waals surface area (Å²) in [7, 11) is 0. The van der Waals surface area contributed by atoms with Crippen LogP contribution in [0.3, 0.4) is 0 Å². The van der Waals surface area contributed by atoms with Crippen LogP contribution in [0.5, 0.6) is 0 Å². The number of carbonyl (C=O) groups excluding carboxylic acids is 5. The van der Waals surface area contributed by atoms with E-state index in [1.807, 2.05) is 27.7 Å². The molecule has 12 heteroatoms. The van der Waals surface area contributed by atoms with Crippen LogP contribution < -0.4 is 0 Å². The summed E-state index contributed by atoms with van der Waals surface area (Å²) in [6, 6.07) is 0. The van der Waals surface area contributed by atoms with Gasteiger partial charge in [0, 0.05) is 45.4 Å². The highest BCUT2D eigenvalue weighted by molar-refractivity contribution is 5.89. The van der Waals surface area contributed by atoms with Gasteiger partial charge in [-0.2, -0.15) is 0 Å². The molecule has 0 aromatic rings. The lowest BCUT2D eigenvalue weighted by Gasteiger charge is -2.54. The minimum absolute atomic E-state index is 0.0112. The first-order valence-electron chi connectivity index (χ1n) is 15.6. The molecule has 0 radical (unpaired) electrons. The van der Waals surface area contributed by atoms with Gasteiger partial charge in [0.25, 0.3) is 0 Å². The zero-order chi connectivity index (χ0) is 32.4. The maximum atomic E-state index is 13.3. The van der Waals surface area contributed by atoms with Gasteiger partial charge >= 0.3 is 29.8 Å². The Balaban J connectivity index is 1.77. The highest BCUT2D eigenvalue weighted by Gasteiger charge is 2.89. The summed E-state index contributed by atoms with van der Waals surface area (Å²) in [5, 5.41) is 0. The fraction of sp³-hybridized carbons (Fsp3) is 0.781. The third-order valence-corrected chi connectivity index (χ3v) is 10.3. The fourth-order valence-corrected chi connectivity index (χ4v) is 8.03. The number of hydrogen-bond acceptors (Lipinski definition) is 12. The molecule has 3 heterocycles. The lowest BCUT2D eigenvalue weighted by molar-refractivity contribution is -0.216. The molecule has 0 aromatic heterocycles. The van der Waals surface area contributed by atoms with Crippen LogP contribution >= 0.6 is 0 Å². The van der Waals surface area contributed by atoms with Gasteiger partial charge in [-0.3, -0.25) is 19.2 Å². The Labute approximate surface area is 257 Å². The van der Waals surface area contributed by atoms with Crippen LogP contribution in [0.15, 0.2) is 11.6 Å². The highest BCUT2D eigenvalue weighted by atomic mass is 16.7. The topological polar surface area (TPSA) is 157 Å². The Kier molecular flexibility index (Phi) is 8.19. The summed E-state index contributed by atoms with van der Waals surface area (Å²) in [5.74, 6) is -3.54. The molecule has 0 amide bonds. The first-order chi connectivity index (χ1) is 20.6. The molecule has 11 atom stereocenters. The number of fused-ring (bicyclic) bond motifs is 3. The molecule has 5 aliphatic rings. The Morgan fingerprint density at radius 2 is 1.48 bits per heavy atom. The molecule has 4 fully saturated rings. The molecule has 1 saturated carbocycles. The van der Waals surface area contributed by atoms with Crippen molar-refractivity contribution in [2.24, 2.45) is 11.3 Å². The maximum Gasteiger partial charge on any atom is 0.342 e. The van der Waals surface area contributed by atoms with Crippen LogP contribution in [0.2, 0.25) is 0 Å². The average molecular weight is 621 g/mol. The molecular weight excluding hydrogens is 576 g/mol. The summed E-state index contributed by atoms with van der Waals surface area (Å²) in [5.41, 5.74) is -4.62. The van der Waals surface area contributed by atoms with Crippen LogP contribution in [-0.2, 0) is 57.1 Å². The van der Waals surface area contributed by atoms with Crippen LogP contribution in [0.4, 0.5) is 0 Å². The smallest absolute Gasteiger partial charge is 0.342 e. The van der Waals surface area contributed by atoms with Crippen LogP contribution in [-0.4, -0.2) is 83.3 Å². The Morgan fingerprint density at radius 1 is 0.886 bits per heavy atom. The van der Waals surface area contributed by atoms with Gasteiger partial charge in [0.15, 0.2) is 17.3 Å². The van der Waals surface area contributed by atoms with Crippen LogP contribution in [0, 0.1) is 11.3 Å². The van der Waals surface area contributed by atoms with Crippen molar-refractivity contribution < 1.29 is 57.1 Å². The molecule has 244 valence electrons. The van der Waals surface area contributed by atoms with Gasteiger partial charge in [0.2, 0.25) is 0 Å². The Hall–Kier alpha value is -2.99. The molecule has 1 spiro atoms. The maximum absolute atomic E-state index is 13.3. The normalized spacial score (nSPS) is 44.6. The molecule has 5 rings (SSSR count). The summed E-state index contributed by atoms with van der Waals surface area (Å²) >= 11 is 0.